The number of hydrogen-bond donors (Lipinski definition) is 0. The highest BCUT2D eigenvalue weighted by atomic mass is 19.1. The molecule has 0 spiro atoms. The van der Waals surface area contributed by atoms with Gasteiger partial charge in [-0.2, -0.15) is 5.10 Å². The van der Waals surface area contributed by atoms with Crippen molar-refractivity contribution in [1.29, 1.82) is 0 Å². The van der Waals surface area contributed by atoms with Gasteiger partial charge in [0.1, 0.15) is 5.82 Å². The number of methoxy groups -OCH3 is 1. The van der Waals surface area contributed by atoms with Gasteiger partial charge < -0.3 is 14.5 Å². The lowest BCUT2D eigenvalue weighted by Crippen LogP contribution is -2.44. The molecule has 0 aliphatic carbocycles. The number of nitrogens with zero attached hydrogens (tertiary/aromatic N) is 4. The molecular formula is C26H30F2N4O2. The number of aryl methyl sites for hydroxylation is 1. The van der Waals surface area contributed by atoms with Gasteiger partial charge >= 0.3 is 0 Å². The van der Waals surface area contributed by atoms with Crippen LogP contribution in [0.3, 0.4) is 0 Å². The molecular weight excluding hydrogens is 438 g/mol. The lowest BCUT2D eigenvalue weighted by molar-refractivity contribution is 0.153. The SMILES string of the molecule is COc1ccc(-c2cc(CCCN3CCN(C)CC3)c(=O)n(Cc3ccc(F)cc3)n2)cc1F. The average molecular weight is 469 g/mol. The van der Waals surface area contributed by atoms with Crippen molar-refractivity contribution in [1.82, 2.24) is 19.6 Å². The second-order valence-electron chi connectivity index (χ2n) is 8.74. The summed E-state index contributed by atoms with van der Waals surface area (Å²) in [5, 5.41) is 4.51. The second kappa shape index (κ2) is 10.9. The third-order valence-corrected chi connectivity index (χ3v) is 6.26. The Labute approximate surface area is 198 Å². The molecule has 180 valence electrons. The first kappa shape index (κ1) is 24.0. The Hall–Kier alpha value is -3.10. The van der Waals surface area contributed by atoms with E-state index in [1.807, 2.05) is 0 Å². The molecule has 6 nitrogen and oxygen atoms in total. The van der Waals surface area contributed by atoms with Crippen molar-refractivity contribution in [2.75, 3.05) is 46.9 Å². The van der Waals surface area contributed by atoms with Crippen LogP contribution in [0.15, 0.2) is 53.3 Å². The molecule has 1 saturated heterocycles. The van der Waals surface area contributed by atoms with Crippen LogP contribution in [0.4, 0.5) is 8.78 Å². The average Bonchev–Trinajstić information content (AvgIpc) is 2.84. The number of rotatable bonds is 8. The largest absolute Gasteiger partial charge is 0.494 e. The molecule has 1 fully saturated rings. The van der Waals surface area contributed by atoms with E-state index < -0.39 is 5.82 Å². The zero-order chi connectivity index (χ0) is 24.1. The summed E-state index contributed by atoms with van der Waals surface area (Å²) >= 11 is 0. The van der Waals surface area contributed by atoms with Crippen molar-refractivity contribution in [2.45, 2.75) is 19.4 Å². The first-order chi connectivity index (χ1) is 16.4. The molecule has 0 saturated carbocycles. The molecule has 1 aliphatic rings. The fourth-order valence-corrected chi connectivity index (χ4v) is 4.18. The van der Waals surface area contributed by atoms with E-state index in [-0.39, 0.29) is 23.7 Å². The first-order valence-electron chi connectivity index (χ1n) is 11.5. The lowest BCUT2D eigenvalue weighted by Gasteiger charge is -2.32. The summed E-state index contributed by atoms with van der Waals surface area (Å²) in [5.74, 6) is -0.679. The Bertz CT molecular complexity index is 1170. The number of benzene rings is 2. The molecule has 0 bridgehead atoms. The Kier molecular flexibility index (Phi) is 7.70. The van der Waals surface area contributed by atoms with Gasteiger partial charge in [0.05, 0.1) is 19.3 Å². The standard InChI is InChI=1S/C26H30F2N4O2/c1-30-12-14-31(15-13-30)11-3-4-21-17-24(20-7-10-25(34-2)23(28)16-20)29-32(26(21)33)18-19-5-8-22(27)9-6-19/h5-10,16-17H,3-4,11-15,18H2,1-2H3. The monoisotopic (exact) mass is 468 g/mol. The predicted molar refractivity (Wildman–Crippen MR) is 128 cm³/mol. The Morgan fingerprint density at radius 2 is 1.74 bits per heavy atom. The zero-order valence-corrected chi connectivity index (χ0v) is 19.6. The number of likely N-dealkylation sites (N-methyl/N-ethyl adjacent to an activating group) is 1. The number of ether oxygens (including phenoxy) is 1. The van der Waals surface area contributed by atoms with E-state index in [4.69, 9.17) is 4.74 Å². The van der Waals surface area contributed by atoms with Gasteiger partial charge in [0, 0.05) is 37.3 Å². The predicted octanol–water partition coefficient (Wildman–Crippen LogP) is 3.43. The van der Waals surface area contributed by atoms with E-state index in [0.717, 1.165) is 44.7 Å². The highest BCUT2D eigenvalue weighted by Gasteiger charge is 2.16. The highest BCUT2D eigenvalue weighted by molar-refractivity contribution is 5.60. The number of hydrogen-bond acceptors (Lipinski definition) is 5. The third-order valence-electron chi connectivity index (χ3n) is 6.26. The number of aromatic nitrogens is 2. The molecule has 2 heterocycles. The van der Waals surface area contributed by atoms with E-state index in [2.05, 4.69) is 21.9 Å². The van der Waals surface area contributed by atoms with Gasteiger partial charge in [-0.1, -0.05) is 12.1 Å². The molecule has 3 aromatic rings. The van der Waals surface area contributed by atoms with Crippen LogP contribution in [0.2, 0.25) is 0 Å². The van der Waals surface area contributed by atoms with Crippen molar-refractivity contribution in [3.05, 3.63) is 81.6 Å². The number of halogens is 2. The van der Waals surface area contributed by atoms with Gasteiger partial charge in [0.15, 0.2) is 11.6 Å². The lowest BCUT2D eigenvalue weighted by atomic mass is 10.1. The smallest absolute Gasteiger partial charge is 0.270 e. The highest BCUT2D eigenvalue weighted by Crippen LogP contribution is 2.24. The summed E-state index contributed by atoms with van der Waals surface area (Å²) in [6.07, 6.45) is 1.44. The van der Waals surface area contributed by atoms with Crippen LogP contribution in [0.25, 0.3) is 11.3 Å². The van der Waals surface area contributed by atoms with Gasteiger partial charge in [-0.3, -0.25) is 4.79 Å². The van der Waals surface area contributed by atoms with Crippen LogP contribution >= 0.6 is 0 Å². The van der Waals surface area contributed by atoms with Crippen molar-refractivity contribution >= 4 is 0 Å². The Balaban J connectivity index is 1.60. The summed E-state index contributed by atoms with van der Waals surface area (Å²) < 4.78 is 34.1. The fourth-order valence-electron chi connectivity index (χ4n) is 4.18. The summed E-state index contributed by atoms with van der Waals surface area (Å²) in [7, 11) is 3.54. The maximum Gasteiger partial charge on any atom is 0.270 e. The van der Waals surface area contributed by atoms with Crippen LogP contribution in [-0.4, -0.2) is 66.5 Å². The molecule has 2 aromatic carbocycles. The van der Waals surface area contributed by atoms with E-state index in [0.29, 0.717) is 23.2 Å². The molecule has 0 atom stereocenters. The summed E-state index contributed by atoms with van der Waals surface area (Å²) in [4.78, 5) is 18.0. The maximum absolute atomic E-state index is 14.4. The van der Waals surface area contributed by atoms with Crippen LogP contribution in [0.5, 0.6) is 5.75 Å². The van der Waals surface area contributed by atoms with Crippen molar-refractivity contribution < 1.29 is 13.5 Å². The quantitative estimate of drug-likeness (QED) is 0.507. The molecule has 1 aromatic heterocycles. The summed E-state index contributed by atoms with van der Waals surface area (Å²) in [5.41, 5.74) is 2.29. The van der Waals surface area contributed by atoms with Crippen LogP contribution in [0.1, 0.15) is 17.5 Å². The van der Waals surface area contributed by atoms with E-state index >= 15 is 0 Å². The van der Waals surface area contributed by atoms with Crippen molar-refractivity contribution in [3.8, 4) is 17.0 Å². The Morgan fingerprint density at radius 3 is 2.41 bits per heavy atom. The molecule has 4 rings (SSSR count). The van der Waals surface area contributed by atoms with Crippen LogP contribution < -0.4 is 10.3 Å². The minimum atomic E-state index is -0.491. The molecule has 34 heavy (non-hydrogen) atoms. The van der Waals surface area contributed by atoms with Crippen LogP contribution in [-0.2, 0) is 13.0 Å². The van der Waals surface area contributed by atoms with Crippen molar-refractivity contribution in [3.63, 3.8) is 0 Å². The summed E-state index contributed by atoms with van der Waals surface area (Å²) in [6, 6.07) is 12.4. The van der Waals surface area contributed by atoms with E-state index in [1.165, 1.54) is 30.0 Å². The minimum absolute atomic E-state index is 0.149. The molecule has 0 unspecified atom stereocenters. The van der Waals surface area contributed by atoms with Gasteiger partial charge in [0.2, 0.25) is 0 Å². The van der Waals surface area contributed by atoms with Gasteiger partial charge in [-0.05, 0) is 68.4 Å². The molecule has 1 aliphatic heterocycles. The molecule has 0 N–H and O–H groups in total. The molecule has 0 radical (unpaired) electrons. The van der Waals surface area contributed by atoms with E-state index in [1.54, 1.807) is 30.3 Å². The minimum Gasteiger partial charge on any atom is -0.494 e. The van der Waals surface area contributed by atoms with Gasteiger partial charge in [0.25, 0.3) is 5.56 Å². The van der Waals surface area contributed by atoms with Crippen molar-refractivity contribution in [2.24, 2.45) is 0 Å². The Morgan fingerprint density at radius 1 is 1.00 bits per heavy atom. The van der Waals surface area contributed by atoms with E-state index in [9.17, 15) is 13.6 Å². The first-order valence-corrected chi connectivity index (χ1v) is 11.5. The number of piperazine rings is 1. The normalized spacial score (nSPS) is 14.9. The third kappa shape index (κ3) is 5.87. The molecule has 0 amide bonds. The summed E-state index contributed by atoms with van der Waals surface area (Å²) in [6.45, 7) is 5.27. The van der Waals surface area contributed by atoms with Crippen LogP contribution in [0, 0.1) is 11.6 Å². The zero-order valence-electron chi connectivity index (χ0n) is 19.6. The second-order valence-corrected chi connectivity index (χ2v) is 8.74. The van der Waals surface area contributed by atoms with Gasteiger partial charge in [-0.15, -0.1) is 0 Å². The van der Waals surface area contributed by atoms with Gasteiger partial charge in [-0.25, -0.2) is 13.5 Å². The fraction of sp³-hybridized carbons (Fsp3) is 0.385. The maximum atomic E-state index is 14.4. The molecule has 8 heteroatoms. The topological polar surface area (TPSA) is 50.6 Å².